The number of halogens is 1. The number of carbonyl (C=O) groups excluding carboxylic acids is 1. The summed E-state index contributed by atoms with van der Waals surface area (Å²) in [6.45, 7) is 2.02. The van der Waals surface area contributed by atoms with Crippen molar-refractivity contribution < 1.29 is 14.5 Å². The number of carbonyl (C=O) groups is 1. The Kier molecular flexibility index (Phi) is 5.75. The number of benzene rings is 1. The van der Waals surface area contributed by atoms with Crippen molar-refractivity contribution in [2.45, 2.75) is 6.92 Å². The van der Waals surface area contributed by atoms with E-state index < -0.39 is 10.9 Å². The van der Waals surface area contributed by atoms with Crippen molar-refractivity contribution in [1.82, 2.24) is 0 Å². The summed E-state index contributed by atoms with van der Waals surface area (Å²) in [5.41, 5.74) is 0.461. The van der Waals surface area contributed by atoms with Crippen molar-refractivity contribution in [3.63, 3.8) is 0 Å². The van der Waals surface area contributed by atoms with Gasteiger partial charge in [-0.2, -0.15) is 0 Å². The predicted octanol–water partition coefficient (Wildman–Crippen LogP) is 3.38. The molecule has 0 aliphatic rings. The first-order valence-corrected chi connectivity index (χ1v) is 5.88. The maximum atomic E-state index is 11.0. The molecule has 0 aromatic heterocycles. The number of hydrogen-bond donors (Lipinski definition) is 0. The Morgan fingerprint density at radius 1 is 1.47 bits per heavy atom. The molecule has 0 saturated heterocycles. The lowest BCUT2D eigenvalue weighted by Crippen LogP contribution is -1.98. The van der Waals surface area contributed by atoms with Crippen molar-refractivity contribution in [2.75, 3.05) is 6.61 Å². The van der Waals surface area contributed by atoms with Crippen molar-refractivity contribution in [1.29, 1.82) is 0 Å². The molecular formula is C13H12ClNO4. The van der Waals surface area contributed by atoms with Gasteiger partial charge in [-0.25, -0.2) is 4.79 Å². The molecule has 19 heavy (non-hydrogen) atoms. The molecule has 0 saturated carbocycles. The minimum absolute atomic E-state index is 0.0431. The van der Waals surface area contributed by atoms with Crippen molar-refractivity contribution in [3.05, 3.63) is 57.1 Å². The van der Waals surface area contributed by atoms with Gasteiger partial charge in [0.05, 0.1) is 11.5 Å². The normalized spacial score (nSPS) is 11.1. The van der Waals surface area contributed by atoms with Gasteiger partial charge in [0, 0.05) is 23.2 Å². The van der Waals surface area contributed by atoms with E-state index in [1.54, 1.807) is 19.1 Å². The van der Waals surface area contributed by atoms with Gasteiger partial charge < -0.3 is 4.74 Å². The number of nitro benzene ring substituents is 1. The van der Waals surface area contributed by atoms with Crippen molar-refractivity contribution in [3.8, 4) is 0 Å². The summed E-state index contributed by atoms with van der Waals surface area (Å²) in [6, 6.07) is 4.14. The lowest BCUT2D eigenvalue weighted by atomic mass is 10.2. The fraction of sp³-hybridized carbons (Fsp3) is 0.154. The fourth-order valence-corrected chi connectivity index (χ4v) is 1.44. The molecule has 0 aliphatic heterocycles. The monoisotopic (exact) mass is 281 g/mol. The fourth-order valence-electron chi connectivity index (χ4n) is 1.26. The average Bonchev–Trinajstić information content (AvgIpc) is 2.36. The Morgan fingerprint density at radius 2 is 2.21 bits per heavy atom. The average molecular weight is 282 g/mol. The molecule has 1 aromatic carbocycles. The van der Waals surface area contributed by atoms with E-state index in [2.05, 4.69) is 0 Å². The second-order valence-electron chi connectivity index (χ2n) is 3.43. The summed E-state index contributed by atoms with van der Waals surface area (Å²) < 4.78 is 4.69. The van der Waals surface area contributed by atoms with Gasteiger partial charge in [0.1, 0.15) is 0 Å². The highest BCUT2D eigenvalue weighted by Crippen LogP contribution is 2.23. The molecule has 0 radical (unpaired) electrons. The smallest absolute Gasteiger partial charge is 0.330 e. The van der Waals surface area contributed by atoms with Crippen molar-refractivity contribution >= 4 is 29.3 Å². The van der Waals surface area contributed by atoms with Gasteiger partial charge in [-0.1, -0.05) is 29.8 Å². The Morgan fingerprint density at radius 3 is 2.84 bits per heavy atom. The van der Waals surface area contributed by atoms with E-state index in [4.69, 9.17) is 16.3 Å². The Labute approximate surface area is 115 Å². The van der Waals surface area contributed by atoms with Crippen LogP contribution in [0.3, 0.4) is 0 Å². The summed E-state index contributed by atoms with van der Waals surface area (Å²) in [7, 11) is 0. The van der Waals surface area contributed by atoms with Crippen LogP contribution in [0.1, 0.15) is 12.5 Å². The zero-order valence-electron chi connectivity index (χ0n) is 10.2. The lowest BCUT2D eigenvalue weighted by Gasteiger charge is -1.97. The zero-order chi connectivity index (χ0) is 14.3. The first kappa shape index (κ1) is 14.9. The molecular weight excluding hydrogens is 270 g/mol. The number of esters is 1. The SMILES string of the molecule is CCOC(=O)C=CC=Cc1cc([N+](=O)[O-])ccc1Cl. The molecule has 0 atom stereocenters. The largest absolute Gasteiger partial charge is 0.463 e. The molecule has 1 aromatic rings. The zero-order valence-corrected chi connectivity index (χ0v) is 11.0. The molecule has 0 aliphatic carbocycles. The summed E-state index contributed by atoms with van der Waals surface area (Å²) in [5.74, 6) is -0.447. The topological polar surface area (TPSA) is 69.4 Å². The molecule has 5 nitrogen and oxygen atoms in total. The Hall–Kier alpha value is -2.14. The highest BCUT2D eigenvalue weighted by atomic mass is 35.5. The molecule has 0 fully saturated rings. The van der Waals surface area contributed by atoms with Gasteiger partial charge in [-0.15, -0.1) is 0 Å². The Balaban J connectivity index is 2.79. The van der Waals surface area contributed by atoms with Crippen molar-refractivity contribution in [2.24, 2.45) is 0 Å². The van der Waals surface area contributed by atoms with Crippen LogP contribution >= 0.6 is 11.6 Å². The third kappa shape index (κ3) is 4.93. The van der Waals surface area contributed by atoms with E-state index >= 15 is 0 Å². The standard InChI is InChI=1S/C13H12ClNO4/c1-2-19-13(16)6-4-3-5-10-9-11(15(17)18)7-8-12(10)14/h3-9H,2H2,1H3. The van der Waals surface area contributed by atoms with Crippen LogP contribution in [-0.4, -0.2) is 17.5 Å². The number of allylic oxidation sites excluding steroid dienone is 2. The molecule has 6 heteroatoms. The second kappa shape index (κ2) is 7.33. The van der Waals surface area contributed by atoms with E-state index in [9.17, 15) is 14.9 Å². The van der Waals surface area contributed by atoms with Crippen LogP contribution in [0.5, 0.6) is 0 Å². The second-order valence-corrected chi connectivity index (χ2v) is 3.84. The van der Waals surface area contributed by atoms with Gasteiger partial charge >= 0.3 is 5.97 Å². The quantitative estimate of drug-likeness (QED) is 0.273. The van der Waals surface area contributed by atoms with Gasteiger partial charge in [0.25, 0.3) is 5.69 Å². The molecule has 100 valence electrons. The summed E-state index contributed by atoms with van der Waals surface area (Å²) in [5, 5.41) is 11.0. The van der Waals surface area contributed by atoms with Crippen LogP contribution < -0.4 is 0 Å². The molecule has 0 heterocycles. The first-order chi connectivity index (χ1) is 9.04. The predicted molar refractivity (Wildman–Crippen MR) is 72.9 cm³/mol. The summed E-state index contributed by atoms with van der Waals surface area (Å²) in [4.78, 5) is 21.1. The number of hydrogen-bond acceptors (Lipinski definition) is 4. The molecule has 0 N–H and O–H groups in total. The number of ether oxygens (including phenoxy) is 1. The summed E-state index contributed by atoms with van der Waals surface area (Å²) in [6.07, 6.45) is 5.87. The highest BCUT2D eigenvalue weighted by molar-refractivity contribution is 6.32. The van der Waals surface area contributed by atoms with Gasteiger partial charge in [0.15, 0.2) is 0 Å². The molecule has 0 bridgehead atoms. The van der Waals surface area contributed by atoms with E-state index in [0.29, 0.717) is 17.2 Å². The van der Waals surface area contributed by atoms with Gasteiger partial charge in [-0.3, -0.25) is 10.1 Å². The van der Waals surface area contributed by atoms with Crippen LogP contribution in [0.4, 0.5) is 5.69 Å². The minimum Gasteiger partial charge on any atom is -0.463 e. The third-order valence-corrected chi connectivity index (χ3v) is 2.44. The van der Waals surface area contributed by atoms with Crippen LogP contribution in [0.15, 0.2) is 36.4 Å². The van der Waals surface area contributed by atoms with E-state index in [0.717, 1.165) is 0 Å². The van der Waals surface area contributed by atoms with Crippen LogP contribution in [0, 0.1) is 10.1 Å². The maximum Gasteiger partial charge on any atom is 0.330 e. The number of rotatable bonds is 5. The van der Waals surface area contributed by atoms with Gasteiger partial charge in [-0.05, 0) is 18.6 Å². The number of nitro groups is 1. The molecule has 1 rings (SSSR count). The van der Waals surface area contributed by atoms with Crippen LogP contribution in [0.25, 0.3) is 6.08 Å². The van der Waals surface area contributed by atoms with E-state index in [1.807, 2.05) is 0 Å². The molecule has 0 spiro atoms. The lowest BCUT2D eigenvalue weighted by molar-refractivity contribution is -0.384. The third-order valence-electron chi connectivity index (χ3n) is 2.10. The Bertz CT molecular complexity index is 537. The number of nitrogens with zero attached hydrogens (tertiary/aromatic N) is 1. The van der Waals surface area contributed by atoms with Crippen LogP contribution in [-0.2, 0) is 9.53 Å². The van der Waals surface area contributed by atoms with Crippen LogP contribution in [0.2, 0.25) is 5.02 Å². The van der Waals surface area contributed by atoms with E-state index in [-0.39, 0.29) is 5.69 Å². The van der Waals surface area contributed by atoms with E-state index in [1.165, 1.54) is 30.4 Å². The minimum atomic E-state index is -0.498. The number of non-ortho nitro benzene ring substituents is 1. The maximum absolute atomic E-state index is 11.0. The molecule has 0 unspecified atom stereocenters. The molecule has 0 amide bonds. The van der Waals surface area contributed by atoms with Gasteiger partial charge in [0.2, 0.25) is 0 Å². The highest BCUT2D eigenvalue weighted by Gasteiger charge is 2.07. The first-order valence-electron chi connectivity index (χ1n) is 5.50. The summed E-state index contributed by atoms with van der Waals surface area (Å²) >= 11 is 5.90.